The van der Waals surface area contributed by atoms with Crippen LogP contribution in [-0.4, -0.2) is 54.1 Å². The Morgan fingerprint density at radius 2 is 1.83 bits per heavy atom. The van der Waals surface area contributed by atoms with Crippen LogP contribution >= 0.6 is 11.6 Å². The number of benzene rings is 1. The van der Waals surface area contributed by atoms with Crippen molar-refractivity contribution in [3.63, 3.8) is 0 Å². The largest absolute Gasteiger partial charge is 0.494 e. The molecule has 0 unspecified atom stereocenters. The molecule has 0 saturated carbocycles. The summed E-state index contributed by atoms with van der Waals surface area (Å²) in [4.78, 5) is 25.0. The second-order valence-corrected chi connectivity index (χ2v) is 8.78. The van der Waals surface area contributed by atoms with Crippen LogP contribution in [0.3, 0.4) is 0 Å². The lowest BCUT2D eigenvalue weighted by atomic mass is 9.91. The lowest BCUT2D eigenvalue weighted by molar-refractivity contribution is -0.133. The normalized spacial score (nSPS) is 14.7. The molecule has 3 rings (SSSR count). The van der Waals surface area contributed by atoms with Gasteiger partial charge < -0.3 is 19.9 Å². The van der Waals surface area contributed by atoms with Crippen LogP contribution in [0.1, 0.15) is 27.2 Å². The summed E-state index contributed by atoms with van der Waals surface area (Å²) in [5.41, 5.74) is 1.85. The van der Waals surface area contributed by atoms with Crippen LogP contribution in [0.25, 0.3) is 0 Å². The minimum Gasteiger partial charge on any atom is -0.494 e. The van der Waals surface area contributed by atoms with E-state index in [-0.39, 0.29) is 11.3 Å². The van der Waals surface area contributed by atoms with E-state index in [4.69, 9.17) is 16.3 Å². The van der Waals surface area contributed by atoms with E-state index < -0.39 is 0 Å². The van der Waals surface area contributed by atoms with Gasteiger partial charge in [0.2, 0.25) is 11.9 Å². The first-order valence-corrected chi connectivity index (χ1v) is 10.1. The van der Waals surface area contributed by atoms with Crippen molar-refractivity contribution in [2.45, 2.75) is 27.2 Å². The summed E-state index contributed by atoms with van der Waals surface area (Å²) in [5.74, 6) is 1.39. The second kappa shape index (κ2) is 8.86. The molecule has 1 aromatic carbocycles. The quantitative estimate of drug-likeness (QED) is 0.793. The van der Waals surface area contributed by atoms with Gasteiger partial charge in [0.15, 0.2) is 0 Å². The first-order chi connectivity index (χ1) is 13.7. The highest BCUT2D eigenvalue weighted by molar-refractivity contribution is 6.30. The number of rotatable bonds is 5. The van der Waals surface area contributed by atoms with E-state index >= 15 is 0 Å². The number of aromatic nitrogens is 2. The highest BCUT2D eigenvalue weighted by Gasteiger charge is 2.25. The second-order valence-electron chi connectivity index (χ2n) is 8.34. The summed E-state index contributed by atoms with van der Waals surface area (Å²) in [6.07, 6.45) is 3.66. The molecule has 1 N–H and O–H groups in total. The van der Waals surface area contributed by atoms with Gasteiger partial charge in [0.25, 0.3) is 0 Å². The van der Waals surface area contributed by atoms with E-state index in [1.54, 1.807) is 7.11 Å². The Bertz CT molecular complexity index is 843. The van der Waals surface area contributed by atoms with Crippen molar-refractivity contribution >= 4 is 34.8 Å². The van der Waals surface area contributed by atoms with Crippen LogP contribution in [0.15, 0.2) is 30.6 Å². The fourth-order valence-corrected chi connectivity index (χ4v) is 3.35. The maximum atomic E-state index is 12.5. The topological polar surface area (TPSA) is 70.6 Å². The number of nitrogens with zero attached hydrogens (tertiary/aromatic N) is 4. The number of nitrogens with one attached hydrogen (secondary N) is 1. The molecule has 0 spiro atoms. The zero-order valence-corrected chi connectivity index (χ0v) is 18.2. The molecular weight excluding hydrogens is 390 g/mol. The molecule has 0 radical (unpaired) electrons. The van der Waals surface area contributed by atoms with Crippen molar-refractivity contribution < 1.29 is 9.53 Å². The average Bonchev–Trinajstić information content (AvgIpc) is 2.69. The van der Waals surface area contributed by atoms with Crippen LogP contribution in [0.2, 0.25) is 5.02 Å². The molecule has 1 saturated heterocycles. The summed E-state index contributed by atoms with van der Waals surface area (Å²) >= 11 is 5.83. The highest BCUT2D eigenvalue weighted by Crippen LogP contribution is 2.32. The van der Waals surface area contributed by atoms with E-state index in [0.29, 0.717) is 23.1 Å². The number of carbonyl (C=O) groups is 1. The molecule has 2 aromatic rings. The summed E-state index contributed by atoms with van der Waals surface area (Å²) in [6, 6.07) is 5.97. The molecule has 0 aliphatic carbocycles. The number of amides is 1. The minimum atomic E-state index is 0.0121. The fourth-order valence-electron chi connectivity index (χ4n) is 3.26. The van der Waals surface area contributed by atoms with Gasteiger partial charge in [0.05, 0.1) is 30.2 Å². The summed E-state index contributed by atoms with van der Waals surface area (Å²) in [5, 5.41) is 3.63. The van der Waals surface area contributed by atoms with Gasteiger partial charge in [-0.1, -0.05) is 32.4 Å². The summed E-state index contributed by atoms with van der Waals surface area (Å²) in [6.45, 7) is 9.35. The molecule has 1 aliphatic heterocycles. The number of carbonyl (C=O) groups excluding carboxylic acids is 1. The van der Waals surface area contributed by atoms with Crippen LogP contribution in [0, 0.1) is 5.41 Å². The van der Waals surface area contributed by atoms with Gasteiger partial charge in [-0.05, 0) is 17.5 Å². The number of anilines is 3. The highest BCUT2D eigenvalue weighted by atomic mass is 35.5. The predicted molar refractivity (Wildman–Crippen MR) is 116 cm³/mol. The number of piperazine rings is 1. The molecule has 1 fully saturated rings. The standard InChI is InChI=1S/C21H28ClN5O2/c1-21(2,3)12-19(28)27-9-7-26(8-10-27)16-5-6-17(18(11-16)29-4)25-20-23-13-15(22)14-24-20/h5-6,11,13-14H,7-10,12H2,1-4H3,(H,23,24,25). The molecule has 29 heavy (non-hydrogen) atoms. The molecule has 1 aromatic heterocycles. The number of ether oxygens (including phenoxy) is 1. The molecule has 7 nitrogen and oxygen atoms in total. The Morgan fingerprint density at radius 1 is 1.17 bits per heavy atom. The van der Waals surface area contributed by atoms with Crippen molar-refractivity contribution in [1.29, 1.82) is 0 Å². The summed E-state index contributed by atoms with van der Waals surface area (Å²) in [7, 11) is 1.64. The van der Waals surface area contributed by atoms with E-state index in [2.05, 4.69) is 41.0 Å². The number of hydrogen-bond donors (Lipinski definition) is 1. The Hall–Kier alpha value is -2.54. The van der Waals surface area contributed by atoms with E-state index in [0.717, 1.165) is 37.6 Å². The third kappa shape index (κ3) is 5.73. The van der Waals surface area contributed by atoms with Crippen LogP contribution < -0.4 is 15.0 Å². The van der Waals surface area contributed by atoms with E-state index in [1.807, 2.05) is 23.1 Å². The SMILES string of the molecule is COc1cc(N2CCN(C(=O)CC(C)(C)C)CC2)ccc1Nc1ncc(Cl)cn1. The van der Waals surface area contributed by atoms with Gasteiger partial charge in [-0.15, -0.1) is 0 Å². The Morgan fingerprint density at radius 3 is 2.41 bits per heavy atom. The van der Waals surface area contributed by atoms with Crippen molar-refractivity contribution in [1.82, 2.24) is 14.9 Å². The summed E-state index contributed by atoms with van der Waals surface area (Å²) < 4.78 is 5.55. The van der Waals surface area contributed by atoms with Crippen molar-refractivity contribution in [3.8, 4) is 5.75 Å². The van der Waals surface area contributed by atoms with Gasteiger partial charge in [0.1, 0.15) is 5.75 Å². The lowest BCUT2D eigenvalue weighted by Crippen LogP contribution is -2.49. The van der Waals surface area contributed by atoms with Crippen LogP contribution in [0.4, 0.5) is 17.3 Å². The molecule has 1 aliphatic rings. The molecule has 1 amide bonds. The molecule has 8 heteroatoms. The Balaban J connectivity index is 1.64. The number of hydrogen-bond acceptors (Lipinski definition) is 6. The van der Waals surface area contributed by atoms with Crippen LogP contribution in [-0.2, 0) is 4.79 Å². The molecule has 2 heterocycles. The third-order valence-electron chi connectivity index (χ3n) is 4.73. The first kappa shape index (κ1) is 21.2. The van der Waals surface area contributed by atoms with E-state index in [1.165, 1.54) is 12.4 Å². The van der Waals surface area contributed by atoms with Crippen molar-refractivity contribution in [2.24, 2.45) is 5.41 Å². The minimum absolute atomic E-state index is 0.0121. The van der Waals surface area contributed by atoms with Crippen LogP contribution in [0.5, 0.6) is 5.75 Å². The molecule has 156 valence electrons. The number of methoxy groups -OCH3 is 1. The van der Waals surface area contributed by atoms with Crippen molar-refractivity contribution in [3.05, 3.63) is 35.6 Å². The number of halogens is 1. The third-order valence-corrected chi connectivity index (χ3v) is 4.93. The lowest BCUT2D eigenvalue weighted by Gasteiger charge is -2.37. The van der Waals surface area contributed by atoms with Gasteiger partial charge >= 0.3 is 0 Å². The molecule has 0 atom stereocenters. The maximum Gasteiger partial charge on any atom is 0.227 e. The predicted octanol–water partition coefficient (Wildman–Crippen LogP) is 3.97. The Kier molecular flexibility index (Phi) is 6.47. The van der Waals surface area contributed by atoms with Gasteiger partial charge in [-0.3, -0.25) is 4.79 Å². The smallest absolute Gasteiger partial charge is 0.227 e. The average molecular weight is 418 g/mol. The monoisotopic (exact) mass is 417 g/mol. The van der Waals surface area contributed by atoms with Gasteiger partial charge in [-0.25, -0.2) is 9.97 Å². The van der Waals surface area contributed by atoms with Gasteiger partial charge in [0, 0.05) is 44.4 Å². The Labute approximate surface area is 177 Å². The zero-order chi connectivity index (χ0) is 21.0. The van der Waals surface area contributed by atoms with E-state index in [9.17, 15) is 4.79 Å². The van der Waals surface area contributed by atoms with Gasteiger partial charge in [-0.2, -0.15) is 0 Å². The fraction of sp³-hybridized carbons (Fsp3) is 0.476. The maximum absolute atomic E-state index is 12.5. The molecular formula is C21H28ClN5O2. The zero-order valence-electron chi connectivity index (χ0n) is 17.4. The van der Waals surface area contributed by atoms with Crippen molar-refractivity contribution in [2.75, 3.05) is 43.5 Å². The first-order valence-electron chi connectivity index (χ1n) is 9.70. The molecule has 0 bridgehead atoms.